The molecule has 0 fully saturated rings. The number of ether oxygens (including phenoxy) is 2. The first kappa shape index (κ1) is 17.8. The van der Waals surface area contributed by atoms with E-state index >= 15 is 0 Å². The quantitative estimate of drug-likeness (QED) is 0.728. The van der Waals surface area contributed by atoms with Gasteiger partial charge in [0, 0.05) is 18.9 Å². The molecule has 0 spiro atoms. The van der Waals surface area contributed by atoms with Gasteiger partial charge in [0.25, 0.3) is 0 Å². The third kappa shape index (κ3) is 4.71. The summed E-state index contributed by atoms with van der Waals surface area (Å²) in [6, 6.07) is 15.7. The van der Waals surface area contributed by atoms with Crippen molar-refractivity contribution in [3.8, 4) is 5.75 Å². The number of carbonyl (C=O) groups excluding carboxylic acids is 1. The SMILES string of the molecule is COCC(O)(CNC(=O)Nc1cccc(OC)c1)c1ccccc1. The molecule has 2 rings (SSSR count). The monoisotopic (exact) mass is 330 g/mol. The summed E-state index contributed by atoms with van der Waals surface area (Å²) in [6.07, 6.45) is 0. The highest BCUT2D eigenvalue weighted by atomic mass is 16.5. The Balaban J connectivity index is 1.99. The van der Waals surface area contributed by atoms with Crippen molar-refractivity contribution in [3.63, 3.8) is 0 Å². The van der Waals surface area contributed by atoms with E-state index in [-0.39, 0.29) is 13.2 Å². The van der Waals surface area contributed by atoms with Crippen molar-refractivity contribution in [2.75, 3.05) is 32.7 Å². The van der Waals surface area contributed by atoms with E-state index in [1.807, 2.05) is 18.2 Å². The number of carbonyl (C=O) groups is 1. The van der Waals surface area contributed by atoms with Gasteiger partial charge in [-0.25, -0.2) is 4.79 Å². The van der Waals surface area contributed by atoms with Gasteiger partial charge in [0.1, 0.15) is 11.4 Å². The summed E-state index contributed by atoms with van der Waals surface area (Å²) in [7, 11) is 3.06. The number of aliphatic hydroxyl groups is 1. The molecule has 2 aromatic carbocycles. The highest BCUT2D eigenvalue weighted by Crippen LogP contribution is 2.21. The fourth-order valence-electron chi connectivity index (χ4n) is 2.33. The third-order valence-corrected chi connectivity index (χ3v) is 3.56. The molecule has 0 aliphatic carbocycles. The second kappa shape index (κ2) is 8.33. The fraction of sp³-hybridized carbons (Fsp3) is 0.278. The van der Waals surface area contributed by atoms with Crippen molar-refractivity contribution in [2.45, 2.75) is 5.60 Å². The van der Waals surface area contributed by atoms with Crippen LogP contribution in [0.5, 0.6) is 5.75 Å². The minimum absolute atomic E-state index is 0.0145. The molecular weight excluding hydrogens is 308 g/mol. The Bertz CT molecular complexity index is 663. The van der Waals surface area contributed by atoms with Crippen LogP contribution in [0.25, 0.3) is 0 Å². The van der Waals surface area contributed by atoms with Crippen LogP contribution in [0.15, 0.2) is 54.6 Å². The Morgan fingerprint density at radius 2 is 1.88 bits per heavy atom. The number of anilines is 1. The lowest BCUT2D eigenvalue weighted by molar-refractivity contribution is -0.0324. The molecule has 24 heavy (non-hydrogen) atoms. The van der Waals surface area contributed by atoms with Gasteiger partial charge >= 0.3 is 6.03 Å². The van der Waals surface area contributed by atoms with Crippen LogP contribution in [0, 0.1) is 0 Å². The summed E-state index contributed by atoms with van der Waals surface area (Å²) in [6.45, 7) is 0.0805. The van der Waals surface area contributed by atoms with Gasteiger partial charge in [-0.05, 0) is 17.7 Å². The van der Waals surface area contributed by atoms with E-state index in [1.165, 1.54) is 7.11 Å². The molecule has 2 amide bonds. The molecule has 1 unspecified atom stereocenters. The van der Waals surface area contributed by atoms with Crippen molar-refractivity contribution >= 4 is 11.7 Å². The van der Waals surface area contributed by atoms with Gasteiger partial charge in [0.2, 0.25) is 0 Å². The van der Waals surface area contributed by atoms with Crippen molar-refractivity contribution in [2.24, 2.45) is 0 Å². The maximum Gasteiger partial charge on any atom is 0.319 e. The lowest BCUT2D eigenvalue weighted by Gasteiger charge is -2.28. The van der Waals surface area contributed by atoms with Gasteiger partial charge in [-0.2, -0.15) is 0 Å². The van der Waals surface area contributed by atoms with Gasteiger partial charge in [-0.15, -0.1) is 0 Å². The van der Waals surface area contributed by atoms with Crippen LogP contribution in [0.2, 0.25) is 0 Å². The molecule has 6 nitrogen and oxygen atoms in total. The number of hydrogen-bond donors (Lipinski definition) is 3. The van der Waals surface area contributed by atoms with Gasteiger partial charge in [0.05, 0.1) is 20.3 Å². The van der Waals surface area contributed by atoms with Crippen LogP contribution in [0.1, 0.15) is 5.56 Å². The van der Waals surface area contributed by atoms with E-state index in [0.717, 1.165) is 0 Å². The first-order valence-electron chi connectivity index (χ1n) is 7.53. The number of rotatable bonds is 7. The van der Waals surface area contributed by atoms with Crippen LogP contribution in [-0.4, -0.2) is 38.5 Å². The Morgan fingerprint density at radius 3 is 2.54 bits per heavy atom. The van der Waals surface area contributed by atoms with Gasteiger partial charge < -0.3 is 25.2 Å². The molecule has 6 heteroatoms. The standard InChI is InChI=1S/C18H22N2O4/c1-23-13-18(22,14-7-4-3-5-8-14)12-19-17(21)20-15-9-6-10-16(11-15)24-2/h3-11,22H,12-13H2,1-2H3,(H2,19,20,21). The average Bonchev–Trinajstić information content (AvgIpc) is 2.61. The molecule has 0 aromatic heterocycles. The number of amides is 2. The van der Waals surface area contributed by atoms with Gasteiger partial charge in [-0.3, -0.25) is 0 Å². The molecule has 0 saturated heterocycles. The molecule has 0 radical (unpaired) electrons. The lowest BCUT2D eigenvalue weighted by Crippen LogP contribution is -2.45. The maximum atomic E-state index is 12.1. The summed E-state index contributed by atoms with van der Waals surface area (Å²) in [5.41, 5.74) is -0.0303. The smallest absolute Gasteiger partial charge is 0.319 e. The predicted molar refractivity (Wildman–Crippen MR) is 92.2 cm³/mol. The summed E-state index contributed by atoms with van der Waals surface area (Å²) >= 11 is 0. The highest BCUT2D eigenvalue weighted by molar-refractivity contribution is 5.89. The third-order valence-electron chi connectivity index (χ3n) is 3.56. The summed E-state index contributed by atoms with van der Waals surface area (Å²) in [5, 5.41) is 16.2. The molecule has 1 atom stereocenters. The van der Waals surface area contributed by atoms with Crippen molar-refractivity contribution in [3.05, 3.63) is 60.2 Å². The number of urea groups is 1. The molecule has 0 saturated carbocycles. The van der Waals surface area contributed by atoms with Crippen LogP contribution in [0.3, 0.4) is 0 Å². The summed E-state index contributed by atoms with van der Waals surface area (Å²) in [4.78, 5) is 12.1. The zero-order valence-electron chi connectivity index (χ0n) is 13.8. The zero-order valence-corrected chi connectivity index (χ0v) is 13.8. The first-order valence-corrected chi connectivity index (χ1v) is 7.53. The first-order chi connectivity index (χ1) is 11.6. The molecule has 0 aliphatic rings. The van der Waals surface area contributed by atoms with Crippen molar-refractivity contribution in [1.29, 1.82) is 0 Å². The molecule has 128 valence electrons. The summed E-state index contributed by atoms with van der Waals surface area (Å²) < 4.78 is 10.2. The maximum absolute atomic E-state index is 12.1. The number of nitrogens with one attached hydrogen (secondary N) is 2. The van der Waals surface area contributed by atoms with E-state index in [2.05, 4.69) is 10.6 Å². The Kier molecular flexibility index (Phi) is 6.17. The Hall–Kier alpha value is -2.57. The molecule has 0 heterocycles. The largest absolute Gasteiger partial charge is 0.497 e. The van der Waals surface area contributed by atoms with E-state index in [1.54, 1.807) is 43.5 Å². The molecule has 2 aromatic rings. The van der Waals surface area contributed by atoms with E-state index in [0.29, 0.717) is 17.0 Å². The van der Waals surface area contributed by atoms with E-state index < -0.39 is 11.6 Å². The normalized spacial score (nSPS) is 13.0. The second-order valence-electron chi connectivity index (χ2n) is 5.37. The van der Waals surface area contributed by atoms with Crippen molar-refractivity contribution < 1.29 is 19.4 Å². The number of hydrogen-bond acceptors (Lipinski definition) is 4. The van der Waals surface area contributed by atoms with Crippen LogP contribution >= 0.6 is 0 Å². The molecule has 0 aliphatic heterocycles. The van der Waals surface area contributed by atoms with Crippen LogP contribution < -0.4 is 15.4 Å². The molecule has 3 N–H and O–H groups in total. The fourth-order valence-corrected chi connectivity index (χ4v) is 2.33. The highest BCUT2D eigenvalue weighted by Gasteiger charge is 2.29. The topological polar surface area (TPSA) is 79.8 Å². The molecule has 0 bridgehead atoms. The van der Waals surface area contributed by atoms with Gasteiger partial charge in [-0.1, -0.05) is 36.4 Å². The molecular formula is C18H22N2O4. The lowest BCUT2D eigenvalue weighted by atomic mass is 9.94. The van der Waals surface area contributed by atoms with Crippen molar-refractivity contribution in [1.82, 2.24) is 5.32 Å². The minimum atomic E-state index is -1.30. The minimum Gasteiger partial charge on any atom is -0.497 e. The number of benzene rings is 2. The zero-order chi connectivity index (χ0) is 17.4. The Morgan fingerprint density at radius 1 is 1.12 bits per heavy atom. The predicted octanol–water partition coefficient (Wildman–Crippen LogP) is 2.35. The second-order valence-corrected chi connectivity index (χ2v) is 5.37. The average molecular weight is 330 g/mol. The van der Waals surface area contributed by atoms with Gasteiger partial charge in [0.15, 0.2) is 0 Å². The summed E-state index contributed by atoms with van der Waals surface area (Å²) in [5.74, 6) is 0.646. The van der Waals surface area contributed by atoms with Crippen LogP contribution in [-0.2, 0) is 10.3 Å². The van der Waals surface area contributed by atoms with E-state index in [4.69, 9.17) is 9.47 Å². The van der Waals surface area contributed by atoms with E-state index in [9.17, 15) is 9.90 Å². The number of methoxy groups -OCH3 is 2. The van der Waals surface area contributed by atoms with Crippen LogP contribution in [0.4, 0.5) is 10.5 Å². The Labute approximate surface area is 141 Å².